The monoisotopic (exact) mass is 588 g/mol. The molecule has 0 heterocycles. The third-order valence-corrected chi connectivity index (χ3v) is 7.15. The molecule has 198 valence electrons. The summed E-state index contributed by atoms with van der Waals surface area (Å²) < 4.78 is 38.9. The topological polar surface area (TPSA) is 89.9 Å². The molecule has 13 heteroatoms. The van der Waals surface area contributed by atoms with E-state index >= 15 is 0 Å². The number of carboxylic acid groups (broad SMARTS) is 1. The van der Waals surface area contributed by atoms with Crippen LogP contribution in [0.1, 0.15) is 36.4 Å². The predicted octanol–water partition coefficient (Wildman–Crippen LogP) is 6.73. The first-order valence-corrected chi connectivity index (χ1v) is 12.0. The summed E-state index contributed by atoms with van der Waals surface area (Å²) >= 11 is 24.6. The highest BCUT2D eigenvalue weighted by molar-refractivity contribution is 6.42. The SMILES string of the molecule is CN(C[C@](CCCO)(c1ccc(Cl)c(Cl)c1)C(NC(=O)O)c1ccc(Cl)c(Cl)c1)C(=O)CC(F)(F)F. The molecule has 0 aliphatic rings. The number of amides is 2. The Labute approximate surface area is 225 Å². The highest BCUT2D eigenvalue weighted by atomic mass is 35.5. The summed E-state index contributed by atoms with van der Waals surface area (Å²) in [5.41, 5.74) is -0.711. The number of carbonyl (C=O) groups is 2. The summed E-state index contributed by atoms with van der Waals surface area (Å²) in [6, 6.07) is 7.68. The van der Waals surface area contributed by atoms with Crippen molar-refractivity contribution in [3.63, 3.8) is 0 Å². The third-order valence-electron chi connectivity index (χ3n) is 5.67. The number of rotatable bonds is 10. The van der Waals surface area contributed by atoms with E-state index in [9.17, 15) is 33.0 Å². The van der Waals surface area contributed by atoms with E-state index in [1.54, 1.807) is 6.07 Å². The van der Waals surface area contributed by atoms with Crippen molar-refractivity contribution in [1.82, 2.24) is 10.2 Å². The molecule has 0 fully saturated rings. The second kappa shape index (κ2) is 12.6. The van der Waals surface area contributed by atoms with Crippen molar-refractivity contribution in [3.05, 3.63) is 67.6 Å². The maximum Gasteiger partial charge on any atom is 0.405 e. The van der Waals surface area contributed by atoms with Crippen LogP contribution in [0.2, 0.25) is 20.1 Å². The first kappa shape index (κ1) is 30.3. The van der Waals surface area contributed by atoms with E-state index in [1.165, 1.54) is 37.4 Å². The van der Waals surface area contributed by atoms with Gasteiger partial charge in [-0.1, -0.05) is 58.5 Å². The fourth-order valence-corrected chi connectivity index (χ4v) is 4.70. The zero-order valence-electron chi connectivity index (χ0n) is 18.9. The van der Waals surface area contributed by atoms with Crippen LogP contribution in [0.15, 0.2) is 36.4 Å². The second-order valence-corrected chi connectivity index (χ2v) is 9.84. The van der Waals surface area contributed by atoms with E-state index in [1.807, 2.05) is 0 Å². The molecule has 0 aliphatic carbocycles. The molecule has 1 unspecified atom stereocenters. The first-order valence-electron chi connectivity index (χ1n) is 10.5. The number of hydrogen-bond acceptors (Lipinski definition) is 3. The molecule has 0 spiro atoms. The number of nitrogens with zero attached hydrogens (tertiary/aromatic N) is 1. The van der Waals surface area contributed by atoms with Gasteiger partial charge in [-0.05, 0) is 48.2 Å². The van der Waals surface area contributed by atoms with Gasteiger partial charge in [0.1, 0.15) is 6.42 Å². The number of aliphatic hydroxyl groups excluding tert-OH is 1. The van der Waals surface area contributed by atoms with Crippen LogP contribution in [0.4, 0.5) is 18.0 Å². The van der Waals surface area contributed by atoms with E-state index in [0.717, 1.165) is 4.90 Å². The van der Waals surface area contributed by atoms with E-state index < -0.39 is 36.1 Å². The normalized spacial score (nSPS) is 14.1. The van der Waals surface area contributed by atoms with Gasteiger partial charge in [0, 0.05) is 25.6 Å². The number of benzene rings is 2. The number of alkyl halides is 3. The van der Waals surface area contributed by atoms with Gasteiger partial charge in [0.2, 0.25) is 5.91 Å². The van der Waals surface area contributed by atoms with Crippen molar-refractivity contribution in [2.45, 2.75) is 36.9 Å². The molecular weight excluding hydrogens is 567 g/mol. The summed E-state index contributed by atoms with van der Waals surface area (Å²) in [5, 5.41) is 22.4. The lowest BCUT2D eigenvalue weighted by atomic mass is 9.68. The molecule has 0 bridgehead atoms. The van der Waals surface area contributed by atoms with E-state index in [0.29, 0.717) is 11.1 Å². The average molecular weight is 590 g/mol. The van der Waals surface area contributed by atoms with Crippen molar-refractivity contribution in [3.8, 4) is 0 Å². The van der Waals surface area contributed by atoms with Crippen LogP contribution in [0, 0.1) is 0 Å². The van der Waals surface area contributed by atoms with Crippen LogP contribution in [-0.2, 0) is 10.2 Å². The standard InChI is InChI=1S/C23H23Cl4F3N2O4/c1-32(19(34)11-23(28,29)30)12-22(7-2-8-33,14-4-6-16(25)18(27)10-14)20(31-21(35)36)13-3-5-15(24)17(26)9-13/h3-6,9-10,20,31,33H,2,7-8,11-12H2,1H3,(H,35,36)/t20?,22-/m1/s1. The average Bonchev–Trinajstić information content (AvgIpc) is 2.77. The molecule has 36 heavy (non-hydrogen) atoms. The van der Waals surface area contributed by atoms with Crippen LogP contribution in [0.5, 0.6) is 0 Å². The molecule has 0 saturated carbocycles. The summed E-state index contributed by atoms with van der Waals surface area (Å²) in [6.07, 6.45) is -7.74. The molecule has 2 aromatic rings. The zero-order valence-corrected chi connectivity index (χ0v) is 21.9. The molecule has 0 aliphatic heterocycles. The molecule has 2 amide bonds. The minimum absolute atomic E-state index is 0.0380. The van der Waals surface area contributed by atoms with E-state index in [-0.39, 0.29) is 46.1 Å². The third kappa shape index (κ3) is 7.79. The number of carbonyl (C=O) groups excluding carboxylic acids is 1. The molecule has 0 saturated heterocycles. The molecule has 2 atom stereocenters. The van der Waals surface area contributed by atoms with Crippen LogP contribution in [-0.4, -0.2) is 53.5 Å². The Morgan fingerprint density at radius 1 is 1.00 bits per heavy atom. The largest absolute Gasteiger partial charge is 0.465 e. The van der Waals surface area contributed by atoms with Gasteiger partial charge < -0.3 is 20.4 Å². The number of likely N-dealkylation sites (N-methyl/N-ethyl adjacent to an activating group) is 1. The lowest BCUT2D eigenvalue weighted by molar-refractivity contribution is -0.161. The molecule has 0 radical (unpaired) electrons. The molecule has 2 rings (SSSR count). The highest BCUT2D eigenvalue weighted by Gasteiger charge is 2.45. The number of halogens is 7. The van der Waals surface area contributed by atoms with Gasteiger partial charge in [-0.2, -0.15) is 13.2 Å². The molecule has 6 nitrogen and oxygen atoms in total. The molecule has 3 N–H and O–H groups in total. The van der Waals surface area contributed by atoms with Crippen molar-refractivity contribution in [2.24, 2.45) is 0 Å². The molecule has 0 aromatic heterocycles. The smallest absolute Gasteiger partial charge is 0.405 e. The van der Waals surface area contributed by atoms with Crippen LogP contribution in [0.25, 0.3) is 0 Å². The Morgan fingerprint density at radius 3 is 2.08 bits per heavy atom. The van der Waals surface area contributed by atoms with Gasteiger partial charge in [0.15, 0.2) is 0 Å². The fraction of sp³-hybridized carbons (Fsp3) is 0.391. The molecular formula is C23H23Cl4F3N2O4. The lowest BCUT2D eigenvalue weighted by Gasteiger charge is -2.44. The second-order valence-electron chi connectivity index (χ2n) is 8.21. The van der Waals surface area contributed by atoms with Crippen molar-refractivity contribution in [1.29, 1.82) is 0 Å². The minimum Gasteiger partial charge on any atom is -0.465 e. The van der Waals surface area contributed by atoms with Crippen molar-refractivity contribution >= 4 is 58.4 Å². The highest BCUT2D eigenvalue weighted by Crippen LogP contribution is 2.45. The minimum atomic E-state index is -4.74. The predicted molar refractivity (Wildman–Crippen MR) is 133 cm³/mol. The summed E-state index contributed by atoms with van der Waals surface area (Å²) in [7, 11) is 1.19. The van der Waals surface area contributed by atoms with Crippen LogP contribution < -0.4 is 5.32 Å². The number of hydrogen-bond donors (Lipinski definition) is 3. The maximum absolute atomic E-state index is 13.0. The lowest BCUT2D eigenvalue weighted by Crippen LogP contribution is -2.51. The van der Waals surface area contributed by atoms with Gasteiger partial charge in [0.25, 0.3) is 0 Å². The van der Waals surface area contributed by atoms with E-state index in [2.05, 4.69) is 5.32 Å². The van der Waals surface area contributed by atoms with Crippen molar-refractivity contribution < 1.29 is 33.0 Å². The van der Waals surface area contributed by atoms with Gasteiger partial charge >= 0.3 is 12.3 Å². The Morgan fingerprint density at radius 2 is 1.58 bits per heavy atom. The quantitative estimate of drug-likeness (QED) is 0.287. The van der Waals surface area contributed by atoms with Gasteiger partial charge in [-0.25, -0.2) is 4.79 Å². The van der Waals surface area contributed by atoms with Gasteiger partial charge in [-0.15, -0.1) is 0 Å². The first-order chi connectivity index (χ1) is 16.7. The summed E-state index contributed by atoms with van der Waals surface area (Å²) in [4.78, 5) is 25.3. The Hall–Kier alpha value is -1.91. The number of nitrogens with one attached hydrogen (secondary N) is 1. The fourth-order valence-electron chi connectivity index (χ4n) is 4.09. The Bertz CT molecular complexity index is 1100. The van der Waals surface area contributed by atoms with Crippen LogP contribution in [0.3, 0.4) is 0 Å². The van der Waals surface area contributed by atoms with Gasteiger partial charge in [0.05, 0.1) is 26.1 Å². The van der Waals surface area contributed by atoms with Gasteiger partial charge in [-0.3, -0.25) is 4.79 Å². The Kier molecular flexibility index (Phi) is 10.6. The van der Waals surface area contributed by atoms with E-state index in [4.69, 9.17) is 46.4 Å². The summed E-state index contributed by atoms with van der Waals surface area (Å²) in [5.74, 6) is -1.22. The number of aliphatic hydroxyl groups is 1. The summed E-state index contributed by atoms with van der Waals surface area (Å²) in [6.45, 7) is -0.685. The zero-order chi connectivity index (χ0) is 27.3. The van der Waals surface area contributed by atoms with Crippen molar-refractivity contribution in [2.75, 3.05) is 20.2 Å². The van der Waals surface area contributed by atoms with Crippen LogP contribution >= 0.6 is 46.4 Å². The molecule has 2 aromatic carbocycles. The Balaban J connectivity index is 2.80. The maximum atomic E-state index is 13.0.